The van der Waals surface area contributed by atoms with Gasteiger partial charge in [-0.2, -0.15) is 5.10 Å². The molecule has 5 nitrogen and oxygen atoms in total. The highest BCUT2D eigenvalue weighted by atomic mass is 19.1. The Kier molecular flexibility index (Phi) is 4.32. The van der Waals surface area contributed by atoms with Gasteiger partial charge >= 0.3 is 0 Å². The monoisotopic (exact) mass is 363 g/mol. The van der Waals surface area contributed by atoms with E-state index in [9.17, 15) is 14.0 Å². The Labute approximate surface area is 154 Å². The van der Waals surface area contributed by atoms with E-state index in [1.54, 1.807) is 6.07 Å². The van der Waals surface area contributed by atoms with Gasteiger partial charge in [0.2, 0.25) is 0 Å². The number of ketones is 1. The second-order valence-corrected chi connectivity index (χ2v) is 6.73. The number of carbonyl (C=O) groups excluding carboxylic acids is 1. The second-order valence-electron chi connectivity index (χ2n) is 6.73. The van der Waals surface area contributed by atoms with Gasteiger partial charge in [0.1, 0.15) is 11.6 Å². The van der Waals surface area contributed by atoms with Crippen LogP contribution in [0.2, 0.25) is 0 Å². The number of nitrogens with zero attached hydrogens (tertiary/aromatic N) is 2. The van der Waals surface area contributed by atoms with Crippen LogP contribution in [0.15, 0.2) is 53.5 Å². The van der Waals surface area contributed by atoms with Crippen molar-refractivity contribution in [3.63, 3.8) is 0 Å². The van der Waals surface area contributed by atoms with E-state index in [0.29, 0.717) is 28.2 Å². The van der Waals surface area contributed by atoms with E-state index in [1.165, 1.54) is 22.9 Å². The molecule has 4 aromatic rings. The van der Waals surface area contributed by atoms with Crippen LogP contribution in [0.1, 0.15) is 17.5 Å². The number of H-pyrrole nitrogens is 1. The maximum absolute atomic E-state index is 13.8. The third-order valence-electron chi connectivity index (χ3n) is 4.73. The molecule has 0 atom stereocenters. The van der Waals surface area contributed by atoms with E-state index < -0.39 is 5.82 Å². The predicted octanol–water partition coefficient (Wildman–Crippen LogP) is 3.53. The molecule has 0 fully saturated rings. The molecule has 1 N–H and O–H groups in total. The fourth-order valence-electron chi connectivity index (χ4n) is 3.44. The third-order valence-corrected chi connectivity index (χ3v) is 4.73. The van der Waals surface area contributed by atoms with Crippen molar-refractivity contribution >= 4 is 27.6 Å². The number of carbonyl (C=O) groups is 1. The van der Waals surface area contributed by atoms with Crippen LogP contribution in [0, 0.1) is 12.7 Å². The molecule has 0 saturated heterocycles. The normalized spacial score (nSPS) is 11.3. The summed E-state index contributed by atoms with van der Waals surface area (Å²) in [6.45, 7) is 2.18. The van der Waals surface area contributed by atoms with Crippen LogP contribution in [-0.4, -0.2) is 20.5 Å². The van der Waals surface area contributed by atoms with Gasteiger partial charge in [-0.15, -0.1) is 0 Å². The SMILES string of the molecule is Cc1cccc(CC(=O)CCn2c(=O)c3cn[nH]c3c3ccc(F)cc32)c1. The Morgan fingerprint density at radius 3 is 2.85 bits per heavy atom. The zero-order valence-corrected chi connectivity index (χ0v) is 14.8. The fourth-order valence-corrected chi connectivity index (χ4v) is 3.44. The molecular formula is C21H18FN3O2. The average Bonchev–Trinajstić information content (AvgIpc) is 3.11. The molecular weight excluding hydrogens is 345 g/mol. The Balaban J connectivity index is 1.66. The fraction of sp³-hybridized carbons (Fsp3) is 0.190. The summed E-state index contributed by atoms with van der Waals surface area (Å²) in [6.07, 6.45) is 1.98. The largest absolute Gasteiger partial charge is 0.307 e. The highest BCUT2D eigenvalue weighted by molar-refractivity contribution is 6.02. The molecule has 0 radical (unpaired) electrons. The molecule has 0 spiro atoms. The first kappa shape index (κ1) is 17.1. The van der Waals surface area contributed by atoms with Gasteiger partial charge in [0.15, 0.2) is 0 Å². The first-order valence-electron chi connectivity index (χ1n) is 8.75. The number of Topliss-reactive ketones (excluding diaryl/α,β-unsaturated/α-hetero) is 1. The van der Waals surface area contributed by atoms with Crippen molar-refractivity contribution in [1.29, 1.82) is 0 Å². The predicted molar refractivity (Wildman–Crippen MR) is 102 cm³/mol. The smallest absolute Gasteiger partial charge is 0.262 e. The van der Waals surface area contributed by atoms with Crippen molar-refractivity contribution in [2.24, 2.45) is 0 Å². The standard InChI is InChI=1S/C21H18FN3O2/c1-13-3-2-4-14(9-13)10-16(26)7-8-25-19-11-15(22)5-6-17(19)20-18(21(25)27)12-23-24-20/h2-6,9,11-12H,7-8,10H2,1H3,(H,23,24). The van der Waals surface area contributed by atoms with Gasteiger partial charge in [0.25, 0.3) is 5.56 Å². The van der Waals surface area contributed by atoms with E-state index >= 15 is 0 Å². The summed E-state index contributed by atoms with van der Waals surface area (Å²) in [5.74, 6) is -0.398. The summed E-state index contributed by atoms with van der Waals surface area (Å²) < 4.78 is 15.3. The van der Waals surface area contributed by atoms with Crippen LogP contribution in [0.3, 0.4) is 0 Å². The Morgan fingerprint density at radius 2 is 2.04 bits per heavy atom. The lowest BCUT2D eigenvalue weighted by atomic mass is 10.0. The number of aryl methyl sites for hydroxylation is 2. The maximum Gasteiger partial charge on any atom is 0.262 e. The van der Waals surface area contributed by atoms with E-state index in [0.717, 1.165) is 11.1 Å². The topological polar surface area (TPSA) is 67.8 Å². The highest BCUT2D eigenvalue weighted by Gasteiger charge is 2.14. The summed E-state index contributed by atoms with van der Waals surface area (Å²) in [7, 11) is 0. The summed E-state index contributed by atoms with van der Waals surface area (Å²) in [4.78, 5) is 25.2. The minimum Gasteiger partial charge on any atom is -0.307 e. The molecule has 4 rings (SSSR count). The van der Waals surface area contributed by atoms with Gasteiger partial charge in [-0.25, -0.2) is 4.39 Å². The molecule has 0 aliphatic heterocycles. The van der Waals surface area contributed by atoms with E-state index in [1.807, 2.05) is 31.2 Å². The Hall–Kier alpha value is -3.28. The minimum atomic E-state index is -0.430. The van der Waals surface area contributed by atoms with Gasteiger partial charge < -0.3 is 4.57 Å². The van der Waals surface area contributed by atoms with Crippen LogP contribution in [0.25, 0.3) is 21.8 Å². The van der Waals surface area contributed by atoms with Crippen molar-refractivity contribution in [3.05, 3.63) is 76.0 Å². The summed E-state index contributed by atoms with van der Waals surface area (Å²) in [6, 6.07) is 12.1. The molecule has 27 heavy (non-hydrogen) atoms. The zero-order chi connectivity index (χ0) is 19.0. The molecule has 136 valence electrons. The van der Waals surface area contributed by atoms with Crippen LogP contribution >= 0.6 is 0 Å². The van der Waals surface area contributed by atoms with E-state index in [-0.39, 0.29) is 24.3 Å². The number of aromatic amines is 1. The van der Waals surface area contributed by atoms with Crippen LogP contribution < -0.4 is 5.56 Å². The first-order valence-corrected chi connectivity index (χ1v) is 8.75. The molecule has 0 aliphatic carbocycles. The lowest BCUT2D eigenvalue weighted by Gasteiger charge is -2.11. The van der Waals surface area contributed by atoms with Crippen molar-refractivity contribution < 1.29 is 9.18 Å². The Bertz CT molecular complexity index is 1220. The average molecular weight is 363 g/mol. The lowest BCUT2D eigenvalue weighted by molar-refractivity contribution is -0.118. The van der Waals surface area contributed by atoms with Gasteiger partial charge in [-0.05, 0) is 30.7 Å². The molecule has 0 bridgehead atoms. The maximum atomic E-state index is 13.8. The second kappa shape index (κ2) is 6.79. The van der Waals surface area contributed by atoms with Crippen molar-refractivity contribution in [2.75, 3.05) is 0 Å². The van der Waals surface area contributed by atoms with Gasteiger partial charge in [0, 0.05) is 24.8 Å². The van der Waals surface area contributed by atoms with Crippen LogP contribution in [-0.2, 0) is 17.8 Å². The van der Waals surface area contributed by atoms with Gasteiger partial charge in [0.05, 0.1) is 22.6 Å². The number of hydrogen-bond acceptors (Lipinski definition) is 3. The van der Waals surface area contributed by atoms with Crippen molar-refractivity contribution in [3.8, 4) is 0 Å². The molecule has 2 aromatic carbocycles. The van der Waals surface area contributed by atoms with Crippen molar-refractivity contribution in [1.82, 2.24) is 14.8 Å². The summed E-state index contributed by atoms with van der Waals surface area (Å²) in [5, 5.41) is 7.87. The minimum absolute atomic E-state index is 0.0318. The number of rotatable bonds is 5. The number of benzene rings is 2. The molecule has 6 heteroatoms. The summed E-state index contributed by atoms with van der Waals surface area (Å²) in [5.41, 5.74) is 2.81. The molecule has 2 heterocycles. The van der Waals surface area contributed by atoms with E-state index in [4.69, 9.17) is 0 Å². The number of pyridine rings is 1. The van der Waals surface area contributed by atoms with Crippen LogP contribution in [0.4, 0.5) is 4.39 Å². The zero-order valence-electron chi connectivity index (χ0n) is 14.8. The summed E-state index contributed by atoms with van der Waals surface area (Å²) >= 11 is 0. The first-order chi connectivity index (χ1) is 13.0. The number of fused-ring (bicyclic) bond motifs is 3. The van der Waals surface area contributed by atoms with Crippen molar-refractivity contribution in [2.45, 2.75) is 26.3 Å². The highest BCUT2D eigenvalue weighted by Crippen LogP contribution is 2.22. The quantitative estimate of drug-likeness (QED) is 0.590. The molecule has 2 aromatic heterocycles. The third kappa shape index (κ3) is 3.26. The van der Waals surface area contributed by atoms with Gasteiger partial charge in [-0.3, -0.25) is 14.7 Å². The van der Waals surface area contributed by atoms with Gasteiger partial charge in [-0.1, -0.05) is 29.8 Å². The molecule has 0 aliphatic rings. The number of nitrogens with one attached hydrogen (secondary N) is 1. The molecule has 0 amide bonds. The molecule has 0 unspecified atom stereocenters. The Morgan fingerprint density at radius 1 is 1.19 bits per heavy atom. The number of halogens is 1. The number of aromatic nitrogens is 3. The molecule has 0 saturated carbocycles. The van der Waals surface area contributed by atoms with Crippen LogP contribution in [0.5, 0.6) is 0 Å². The number of hydrogen-bond donors (Lipinski definition) is 1. The lowest BCUT2D eigenvalue weighted by Crippen LogP contribution is -2.22. The van der Waals surface area contributed by atoms with E-state index in [2.05, 4.69) is 10.2 Å².